The van der Waals surface area contributed by atoms with E-state index in [1.807, 2.05) is 39.2 Å². The van der Waals surface area contributed by atoms with E-state index in [1.54, 1.807) is 0 Å². The molecule has 96 heavy (non-hydrogen) atoms. The largest absolute Gasteiger partial charge is 3.00 e. The smallest absolute Gasteiger partial charge is 0.854 e. The Hall–Kier alpha value is 0.297. The molecule has 0 aliphatic rings. The van der Waals surface area contributed by atoms with E-state index in [9.17, 15) is 40.9 Å². The van der Waals surface area contributed by atoms with Crippen molar-refractivity contribution in [2.45, 2.75) is 27.7 Å². The average molecular weight is 1700 g/mol. The molecule has 0 aromatic heterocycles. The summed E-state index contributed by atoms with van der Waals surface area (Å²) in [5.74, 6) is -4.33. The summed E-state index contributed by atoms with van der Waals surface area (Å²) in [4.78, 5) is 50.5. The maximum Gasteiger partial charge on any atom is 3.00 e. The van der Waals surface area contributed by atoms with Crippen molar-refractivity contribution in [3.05, 3.63) is 0 Å². The normalized spacial score (nSPS) is 10.0. The first-order valence-electron chi connectivity index (χ1n) is 27.3. The zero-order valence-corrected chi connectivity index (χ0v) is 62.9. The molecule has 0 aromatic rings. The van der Waals surface area contributed by atoms with Crippen molar-refractivity contribution in [3.8, 4) is 0 Å². The Kier molecular flexibility index (Phi) is 154. The SMILES string of the molecule is CC(=O)[O-].CC(=O)[O-].CC(=O)[O-].CC(=O)[O-].[Mn+2].[Mn+2].[Mn+2].[Mn+2].[Mn+3].[Mn+3].[O-]CCN(CCO)CCN(CC[O-])CCO.[O-]CCN(CCO)CCN(CC[O-])CCO.[O-]CCN(CCO)CCN(CC[O-])CCO.[O-]CCN(CCO)CCN(CC[O-])CCO.[O-][Cl+3]([O-])([O-])[O-].[O-][Cl+3]([O-])([O-])[O-]. The number of carbonyl (C=O) groups excluding carboxylic acids is 4. The predicted octanol–water partition coefficient (Wildman–Crippen LogP) is -29.3. The van der Waals surface area contributed by atoms with Gasteiger partial charge in [-0.25, -0.2) is 37.3 Å². The van der Waals surface area contributed by atoms with Gasteiger partial charge in [0.25, 0.3) is 0 Å². The Morgan fingerprint density at radius 2 is 0.292 bits per heavy atom. The summed E-state index contributed by atoms with van der Waals surface area (Å²) in [5, 5.41) is 190. The minimum absolute atomic E-state index is 0. The average Bonchev–Trinajstić information content (AvgIpc) is 3.40. The van der Waals surface area contributed by atoms with Crippen molar-refractivity contribution in [1.29, 1.82) is 0 Å². The fourth-order valence-corrected chi connectivity index (χ4v) is 5.98. The van der Waals surface area contributed by atoms with E-state index in [4.69, 9.17) is 118 Å². The van der Waals surface area contributed by atoms with Gasteiger partial charge in [0.15, 0.2) is 0 Å². The molecule has 0 bridgehead atoms. The third kappa shape index (κ3) is 176. The number of rotatable bonds is 44. The van der Waals surface area contributed by atoms with Gasteiger partial charge in [0, 0.05) is 129 Å². The predicted molar refractivity (Wildman–Crippen MR) is 270 cm³/mol. The molecule has 0 heterocycles. The molecule has 8 N–H and O–H groups in total. The molecule has 0 atom stereocenters. The van der Waals surface area contributed by atoms with Crippen LogP contribution in [-0.4, -0.2) is 367 Å². The van der Waals surface area contributed by atoms with Gasteiger partial charge in [0.05, 0.1) is 52.9 Å². The van der Waals surface area contributed by atoms with Gasteiger partial charge >= 0.3 is 102 Å². The quantitative estimate of drug-likeness (QED) is 0.0263. The minimum atomic E-state index is -4.94. The molecule has 0 amide bonds. The summed E-state index contributed by atoms with van der Waals surface area (Å²) in [7, 11) is -9.89. The van der Waals surface area contributed by atoms with Gasteiger partial charge in [-0.05, 0) is 80.1 Å². The summed E-state index contributed by atoms with van der Waals surface area (Å²) < 4.78 is 67.9. The van der Waals surface area contributed by atoms with Gasteiger partial charge in [0.2, 0.25) is 0 Å². The Balaban J connectivity index is -0.0000000553. The molecule has 0 saturated heterocycles. The van der Waals surface area contributed by atoms with Crippen LogP contribution in [0.25, 0.3) is 0 Å². The molecular weight excluding hydrogens is 1600 g/mol. The number of carboxylic acids is 4. The second-order valence-electron chi connectivity index (χ2n) is 16.9. The molecule has 0 saturated carbocycles. The van der Waals surface area contributed by atoms with Crippen molar-refractivity contribution in [2.75, 3.05) is 263 Å². The van der Waals surface area contributed by atoms with E-state index in [-0.39, 0.29) is 208 Å². The summed E-state index contributed by atoms with van der Waals surface area (Å²) in [6.07, 6.45) is 0. The molecule has 0 aliphatic carbocycles. The van der Waals surface area contributed by atoms with Crippen molar-refractivity contribution in [1.82, 2.24) is 39.2 Å². The number of halogens is 2. The van der Waals surface area contributed by atoms with Crippen LogP contribution in [0, 0.1) is 20.5 Å². The number of carboxylic acid groups (broad SMARTS) is 4. The molecule has 0 spiro atoms. The molecule has 0 aromatic carbocycles. The zero-order chi connectivity index (χ0) is 72.2. The summed E-state index contributed by atoms with van der Waals surface area (Å²) in [6, 6.07) is 0. The number of aliphatic hydroxyl groups is 8. The Morgan fingerprint density at radius 1 is 0.229 bits per heavy atom. The Labute approximate surface area is 630 Å². The third-order valence-corrected chi connectivity index (χ3v) is 9.52. The number of hydrogen-bond acceptors (Lipinski definition) is 40. The van der Waals surface area contributed by atoms with Gasteiger partial charge < -0.3 is 161 Å². The molecule has 40 nitrogen and oxygen atoms in total. The second kappa shape index (κ2) is 109. The monoisotopic (exact) mass is 1700 g/mol. The number of hydrogen-bond donors (Lipinski definition) is 8. The first-order valence-corrected chi connectivity index (χ1v) is 29.8. The van der Waals surface area contributed by atoms with Crippen LogP contribution in [-0.2, 0) is 122 Å². The number of nitrogens with zero attached hydrogens (tertiary/aromatic N) is 8. The molecule has 48 heteroatoms. The number of aliphatic hydroxyl groups excluding tert-OH is 8. The fraction of sp³-hybridized carbons (Fsp3) is 0.917. The molecule has 0 unspecified atom stereocenters. The van der Waals surface area contributed by atoms with Crippen LogP contribution in [0.2, 0.25) is 0 Å². The van der Waals surface area contributed by atoms with Gasteiger partial charge in [0.1, 0.15) is 0 Å². The van der Waals surface area contributed by atoms with E-state index < -0.39 is 44.4 Å². The van der Waals surface area contributed by atoms with Crippen molar-refractivity contribution < 1.29 is 281 Å². The van der Waals surface area contributed by atoms with Crippen molar-refractivity contribution in [3.63, 3.8) is 0 Å². The van der Waals surface area contributed by atoms with Gasteiger partial charge in [-0.15, -0.1) is 73.3 Å². The van der Waals surface area contributed by atoms with Crippen LogP contribution < -0.4 is 98.6 Å². The maximum absolute atomic E-state index is 10.5. The second-order valence-corrected chi connectivity index (χ2v) is 18.4. The van der Waals surface area contributed by atoms with Crippen LogP contribution >= 0.6 is 0 Å². The van der Waals surface area contributed by atoms with Gasteiger partial charge in [-0.1, -0.05) is 0 Å². The molecule has 4 radical (unpaired) electrons. The molecule has 0 rings (SSSR count). The van der Waals surface area contributed by atoms with Gasteiger partial charge in [-0.2, -0.15) is 0 Å². The zero-order valence-electron chi connectivity index (χ0n) is 54.3. The minimum Gasteiger partial charge on any atom is -0.854 e. The maximum atomic E-state index is 10.5. The standard InChI is InChI=1S/4C10H22N2O4.4C2H4O2.2ClHO4.6Mn/c4*13-7-3-11(4-8-14)1-2-12(5-9-15)6-10-16;4*1-2(3)4;2*2-1(3,4)5;;;;;;/h4*13,15H,1-10H2;4*1H3,(H,3,4);2*(H,2,3,4,5);;;;;;/q4*-2;;;;;;;4*+2;2*+3/p-6. The van der Waals surface area contributed by atoms with E-state index >= 15 is 0 Å². The number of carbonyl (C=O) groups is 4. The summed E-state index contributed by atoms with van der Waals surface area (Å²) in [5.41, 5.74) is 0. The van der Waals surface area contributed by atoms with Crippen molar-refractivity contribution >= 4 is 23.9 Å². The fourth-order valence-electron chi connectivity index (χ4n) is 5.98. The molecule has 580 valence electrons. The molecule has 0 aliphatic heterocycles. The molecular formula is C48H100Cl2Mn6N8O32. The van der Waals surface area contributed by atoms with Gasteiger partial charge in [-0.3, -0.25) is 0 Å². The van der Waals surface area contributed by atoms with Crippen LogP contribution in [0.3, 0.4) is 0 Å². The van der Waals surface area contributed by atoms with Crippen LogP contribution in [0.15, 0.2) is 0 Å². The summed E-state index contributed by atoms with van der Waals surface area (Å²) in [6.45, 7) is 14.8. The summed E-state index contributed by atoms with van der Waals surface area (Å²) >= 11 is 0. The topological polar surface area (TPSA) is 717 Å². The van der Waals surface area contributed by atoms with Crippen LogP contribution in [0.1, 0.15) is 27.7 Å². The van der Waals surface area contributed by atoms with E-state index in [2.05, 4.69) is 0 Å². The first-order chi connectivity index (χ1) is 42.0. The Bertz CT molecular complexity index is 1130. The number of aliphatic carboxylic acids is 4. The van der Waals surface area contributed by atoms with E-state index in [0.717, 1.165) is 27.7 Å². The Morgan fingerprint density at radius 3 is 0.333 bits per heavy atom. The third-order valence-electron chi connectivity index (χ3n) is 9.52. The first kappa shape index (κ1) is 136. The van der Waals surface area contributed by atoms with Crippen LogP contribution in [0.5, 0.6) is 0 Å². The van der Waals surface area contributed by atoms with Crippen molar-refractivity contribution in [2.24, 2.45) is 0 Å². The van der Waals surface area contributed by atoms with E-state index in [0.29, 0.717) is 157 Å². The molecule has 0 fully saturated rings. The van der Waals surface area contributed by atoms with E-state index in [1.165, 1.54) is 0 Å². The van der Waals surface area contributed by atoms with Crippen LogP contribution in [0.4, 0.5) is 0 Å².